The molecule has 0 aliphatic heterocycles. The fourth-order valence-electron chi connectivity index (χ4n) is 1.86. The van der Waals surface area contributed by atoms with Crippen molar-refractivity contribution in [2.45, 2.75) is 32.8 Å². The van der Waals surface area contributed by atoms with Crippen molar-refractivity contribution in [3.63, 3.8) is 0 Å². The molecule has 1 aromatic carbocycles. The number of urea groups is 1. The van der Waals surface area contributed by atoms with Crippen LogP contribution < -0.4 is 10.6 Å². The molecule has 3 N–H and O–H groups in total. The zero-order valence-corrected chi connectivity index (χ0v) is 12.6. The minimum atomic E-state index is -0.942. The molecule has 0 bridgehead atoms. The van der Waals surface area contributed by atoms with Crippen LogP contribution in [-0.2, 0) is 16.0 Å². The number of para-hydroxylation sites is 1. The normalized spacial score (nSPS) is 11.0. The van der Waals surface area contributed by atoms with E-state index in [4.69, 9.17) is 9.84 Å². The van der Waals surface area contributed by atoms with Crippen molar-refractivity contribution < 1.29 is 19.4 Å². The molecule has 0 aliphatic rings. The number of carboxylic acids is 1. The third kappa shape index (κ3) is 6.27. The number of carboxylic acid groups (broad SMARTS) is 1. The van der Waals surface area contributed by atoms with Crippen molar-refractivity contribution in [2.24, 2.45) is 0 Å². The third-order valence-electron chi connectivity index (χ3n) is 2.82. The van der Waals surface area contributed by atoms with Gasteiger partial charge in [-0.2, -0.15) is 0 Å². The van der Waals surface area contributed by atoms with Crippen LogP contribution in [-0.4, -0.2) is 35.9 Å². The summed E-state index contributed by atoms with van der Waals surface area (Å²) < 4.78 is 5.49. The van der Waals surface area contributed by atoms with Crippen LogP contribution in [0.5, 0.6) is 0 Å². The number of carbonyl (C=O) groups is 2. The number of nitrogens with one attached hydrogen (secondary N) is 2. The molecule has 0 atom stereocenters. The van der Waals surface area contributed by atoms with Gasteiger partial charge >= 0.3 is 12.0 Å². The maximum atomic E-state index is 11.9. The van der Waals surface area contributed by atoms with Gasteiger partial charge < -0.3 is 20.5 Å². The molecule has 116 valence electrons. The summed E-state index contributed by atoms with van der Waals surface area (Å²) in [4.78, 5) is 22.7. The Morgan fingerprint density at radius 1 is 1.29 bits per heavy atom. The second-order valence-electron chi connectivity index (χ2n) is 5.23. The van der Waals surface area contributed by atoms with Gasteiger partial charge in [0.1, 0.15) is 0 Å². The van der Waals surface area contributed by atoms with E-state index in [1.165, 1.54) is 0 Å². The Labute approximate surface area is 124 Å². The van der Waals surface area contributed by atoms with Crippen LogP contribution in [0.15, 0.2) is 24.3 Å². The van der Waals surface area contributed by atoms with E-state index in [-0.39, 0.29) is 12.5 Å². The SMILES string of the molecule is CCOC(C)(C)CNC(=O)Nc1ccccc1CC(=O)O. The summed E-state index contributed by atoms with van der Waals surface area (Å²) in [5.74, 6) is -0.942. The summed E-state index contributed by atoms with van der Waals surface area (Å²) in [5.41, 5.74) is 0.600. The standard InChI is InChI=1S/C15H22N2O4/c1-4-21-15(2,3)10-16-14(20)17-12-8-6-5-7-11(12)9-13(18)19/h5-8H,4,9-10H2,1-3H3,(H,18,19)(H2,16,17,20). The monoisotopic (exact) mass is 294 g/mol. The number of rotatable bonds is 7. The average molecular weight is 294 g/mol. The van der Waals surface area contributed by atoms with Crippen LogP contribution in [0, 0.1) is 0 Å². The fraction of sp³-hybridized carbons (Fsp3) is 0.467. The number of carbonyl (C=O) groups excluding carboxylic acids is 1. The summed E-state index contributed by atoms with van der Waals surface area (Å²) in [7, 11) is 0. The van der Waals surface area contributed by atoms with Gasteiger partial charge in [-0.1, -0.05) is 18.2 Å². The quantitative estimate of drug-likeness (QED) is 0.719. The Bertz CT molecular complexity index is 500. The highest BCUT2D eigenvalue weighted by molar-refractivity contribution is 5.91. The Balaban J connectivity index is 2.61. The third-order valence-corrected chi connectivity index (χ3v) is 2.82. The smallest absolute Gasteiger partial charge is 0.319 e. The maximum Gasteiger partial charge on any atom is 0.319 e. The molecular weight excluding hydrogens is 272 g/mol. The Kier molecular flexibility index (Phi) is 6.17. The van der Waals surface area contributed by atoms with Crippen LogP contribution in [0.1, 0.15) is 26.3 Å². The van der Waals surface area contributed by atoms with Crippen LogP contribution in [0.2, 0.25) is 0 Å². The lowest BCUT2D eigenvalue weighted by atomic mass is 10.1. The first kappa shape index (κ1) is 17.0. The average Bonchev–Trinajstić information content (AvgIpc) is 2.38. The molecule has 1 aromatic rings. The van der Waals surface area contributed by atoms with Gasteiger partial charge in [0.15, 0.2) is 0 Å². The second-order valence-corrected chi connectivity index (χ2v) is 5.23. The molecule has 2 amide bonds. The lowest BCUT2D eigenvalue weighted by molar-refractivity contribution is -0.136. The van der Waals surface area contributed by atoms with Crippen LogP contribution in [0.25, 0.3) is 0 Å². The van der Waals surface area contributed by atoms with Gasteiger partial charge in [-0.25, -0.2) is 4.79 Å². The summed E-state index contributed by atoms with van der Waals surface area (Å²) >= 11 is 0. The van der Waals surface area contributed by atoms with Crippen molar-refractivity contribution in [3.8, 4) is 0 Å². The van der Waals surface area contributed by atoms with Gasteiger partial charge in [0.2, 0.25) is 0 Å². The van der Waals surface area contributed by atoms with Gasteiger partial charge in [-0.15, -0.1) is 0 Å². The summed E-state index contributed by atoms with van der Waals surface area (Å²) in [5, 5.41) is 14.2. The summed E-state index contributed by atoms with van der Waals surface area (Å²) in [6.07, 6.45) is -0.138. The molecule has 0 spiro atoms. The van der Waals surface area contributed by atoms with E-state index in [1.54, 1.807) is 24.3 Å². The van der Waals surface area contributed by atoms with Gasteiger partial charge in [0, 0.05) is 18.8 Å². The van der Waals surface area contributed by atoms with Gasteiger partial charge in [-0.3, -0.25) is 4.79 Å². The highest BCUT2D eigenvalue weighted by Crippen LogP contribution is 2.15. The van der Waals surface area contributed by atoms with E-state index < -0.39 is 11.6 Å². The van der Waals surface area contributed by atoms with Crippen molar-refractivity contribution >= 4 is 17.7 Å². The molecule has 0 unspecified atom stereocenters. The van der Waals surface area contributed by atoms with E-state index in [0.717, 1.165) is 0 Å². The predicted octanol–water partition coefficient (Wildman–Crippen LogP) is 2.25. The van der Waals surface area contributed by atoms with Crippen LogP contribution >= 0.6 is 0 Å². The first-order chi connectivity index (χ1) is 9.84. The predicted molar refractivity (Wildman–Crippen MR) is 80.5 cm³/mol. The van der Waals surface area contributed by atoms with Gasteiger partial charge in [0.25, 0.3) is 0 Å². The topological polar surface area (TPSA) is 87.7 Å². The molecule has 1 rings (SSSR count). The lowest BCUT2D eigenvalue weighted by Crippen LogP contribution is -2.42. The molecule has 6 heteroatoms. The molecule has 21 heavy (non-hydrogen) atoms. The number of hydrogen-bond acceptors (Lipinski definition) is 3. The number of amides is 2. The maximum absolute atomic E-state index is 11.9. The molecular formula is C15H22N2O4. The van der Waals surface area contributed by atoms with Gasteiger partial charge in [-0.05, 0) is 32.4 Å². The van der Waals surface area contributed by atoms with Crippen LogP contribution in [0.3, 0.4) is 0 Å². The minimum Gasteiger partial charge on any atom is -0.481 e. The number of aliphatic carboxylic acids is 1. The Morgan fingerprint density at radius 3 is 2.57 bits per heavy atom. The van der Waals surface area contributed by atoms with E-state index in [2.05, 4.69) is 10.6 Å². The highest BCUT2D eigenvalue weighted by Gasteiger charge is 2.18. The molecule has 0 aromatic heterocycles. The number of hydrogen-bond donors (Lipinski definition) is 3. The van der Waals surface area contributed by atoms with E-state index in [9.17, 15) is 9.59 Å². The van der Waals surface area contributed by atoms with E-state index in [1.807, 2.05) is 20.8 Å². The number of benzene rings is 1. The molecule has 6 nitrogen and oxygen atoms in total. The molecule has 0 saturated heterocycles. The lowest BCUT2D eigenvalue weighted by Gasteiger charge is -2.25. The van der Waals surface area contributed by atoms with Crippen molar-refractivity contribution in [1.29, 1.82) is 0 Å². The molecule has 0 fully saturated rings. The molecule has 0 heterocycles. The fourth-order valence-corrected chi connectivity index (χ4v) is 1.86. The second kappa shape index (κ2) is 7.64. The number of ether oxygens (including phenoxy) is 1. The first-order valence-corrected chi connectivity index (χ1v) is 6.82. The zero-order chi connectivity index (χ0) is 15.9. The molecule has 0 aliphatic carbocycles. The first-order valence-electron chi connectivity index (χ1n) is 6.82. The number of anilines is 1. The Hall–Kier alpha value is -2.08. The van der Waals surface area contributed by atoms with Crippen molar-refractivity contribution in [3.05, 3.63) is 29.8 Å². The Morgan fingerprint density at radius 2 is 1.95 bits per heavy atom. The zero-order valence-electron chi connectivity index (χ0n) is 12.6. The minimum absolute atomic E-state index is 0.138. The largest absolute Gasteiger partial charge is 0.481 e. The summed E-state index contributed by atoms with van der Waals surface area (Å²) in [6.45, 7) is 6.58. The van der Waals surface area contributed by atoms with Gasteiger partial charge in [0.05, 0.1) is 12.0 Å². The molecule has 0 saturated carbocycles. The summed E-state index contributed by atoms with van der Waals surface area (Å²) in [6, 6.07) is 6.44. The van der Waals surface area contributed by atoms with Crippen molar-refractivity contribution in [2.75, 3.05) is 18.5 Å². The van der Waals surface area contributed by atoms with Crippen LogP contribution in [0.4, 0.5) is 10.5 Å². The van der Waals surface area contributed by atoms with E-state index >= 15 is 0 Å². The highest BCUT2D eigenvalue weighted by atomic mass is 16.5. The van der Waals surface area contributed by atoms with E-state index in [0.29, 0.717) is 24.4 Å². The van der Waals surface area contributed by atoms with Crippen molar-refractivity contribution in [1.82, 2.24) is 5.32 Å². The molecule has 0 radical (unpaired) electrons.